The highest BCUT2D eigenvalue weighted by Gasteiger charge is 2.29. The number of carbonyl (C=O) groups is 2. The van der Waals surface area contributed by atoms with Crippen molar-refractivity contribution in [1.82, 2.24) is 0 Å². The fraction of sp³-hybridized carbons (Fsp3) is 0.0870. The van der Waals surface area contributed by atoms with Gasteiger partial charge in [0.2, 0.25) is 0 Å². The number of hydrogen-bond acceptors (Lipinski definition) is 6. The summed E-state index contributed by atoms with van der Waals surface area (Å²) in [4.78, 5) is 25.7. The molecule has 0 aliphatic carbocycles. The largest absolute Gasteiger partial charge is 0.493 e. The topological polar surface area (TPSA) is 68.2 Å². The van der Waals surface area contributed by atoms with E-state index in [9.17, 15) is 9.59 Å². The number of ether oxygens (including phenoxy) is 2. The predicted octanol–water partition coefficient (Wildman–Crippen LogP) is 5.54. The molecule has 0 unspecified atom stereocenters. The molecule has 0 saturated carbocycles. The van der Waals surface area contributed by atoms with Crippen LogP contribution in [0.5, 0.6) is 11.5 Å². The van der Waals surface area contributed by atoms with Crippen molar-refractivity contribution in [2.75, 3.05) is 12.1 Å². The minimum Gasteiger partial charge on any atom is -0.493 e. The minimum atomic E-state index is -0.446. The van der Waals surface area contributed by atoms with Gasteiger partial charge < -0.3 is 9.47 Å². The maximum atomic E-state index is 13.0. The van der Waals surface area contributed by atoms with Crippen molar-refractivity contribution in [1.29, 1.82) is 0 Å². The van der Waals surface area contributed by atoms with Gasteiger partial charge in [-0.25, -0.2) is 4.79 Å². The lowest BCUT2D eigenvalue weighted by Gasteiger charge is -2.12. The van der Waals surface area contributed by atoms with E-state index in [0.717, 1.165) is 10.0 Å². The number of amides is 1. The van der Waals surface area contributed by atoms with Gasteiger partial charge in [0.1, 0.15) is 4.88 Å². The zero-order chi connectivity index (χ0) is 22.0. The number of hydrogen-bond donors (Lipinski definition) is 0. The zero-order valence-electron chi connectivity index (χ0n) is 16.7. The molecular formula is C23H17BrN2O4S. The van der Waals surface area contributed by atoms with Gasteiger partial charge in [-0.3, -0.25) is 4.79 Å². The Balaban J connectivity index is 1.59. The Bertz CT molecular complexity index is 1220. The molecule has 0 spiro atoms. The van der Waals surface area contributed by atoms with Gasteiger partial charge >= 0.3 is 5.97 Å². The molecule has 0 fully saturated rings. The lowest BCUT2D eigenvalue weighted by molar-refractivity contribution is -0.114. The smallest absolute Gasteiger partial charge is 0.353 e. The number of carbonyl (C=O) groups excluding carboxylic acids is 2. The highest BCUT2D eigenvalue weighted by molar-refractivity contribution is 9.10. The molecular weight excluding hydrogens is 480 g/mol. The molecule has 2 aromatic carbocycles. The van der Waals surface area contributed by atoms with E-state index in [1.807, 2.05) is 29.6 Å². The molecule has 1 aliphatic rings. The number of nitrogens with zero attached hydrogens (tertiary/aromatic N) is 2. The zero-order valence-corrected chi connectivity index (χ0v) is 19.1. The standard InChI is InChI=1S/C23H17BrN2O4S/c1-14-18(22(27)26(25-14)17-6-3-5-16(24)13-17)11-15-8-9-19(20(12-15)29-2)30-23(28)21-7-4-10-31-21/h3-13H,1-2H3. The van der Waals surface area contributed by atoms with Crippen molar-refractivity contribution >= 4 is 56.6 Å². The summed E-state index contributed by atoms with van der Waals surface area (Å²) in [6, 6.07) is 16.0. The lowest BCUT2D eigenvalue weighted by Crippen LogP contribution is -2.21. The van der Waals surface area contributed by atoms with E-state index in [4.69, 9.17) is 9.47 Å². The summed E-state index contributed by atoms with van der Waals surface area (Å²) in [6.07, 6.45) is 1.74. The van der Waals surface area contributed by atoms with E-state index in [-0.39, 0.29) is 5.91 Å². The molecule has 2 heterocycles. The summed E-state index contributed by atoms with van der Waals surface area (Å²) in [5.41, 5.74) is 2.49. The summed E-state index contributed by atoms with van der Waals surface area (Å²) in [6.45, 7) is 1.79. The third-order valence-electron chi connectivity index (χ3n) is 4.54. The Morgan fingerprint density at radius 3 is 2.68 bits per heavy atom. The molecule has 0 atom stereocenters. The number of esters is 1. The second-order valence-electron chi connectivity index (χ2n) is 6.62. The summed E-state index contributed by atoms with van der Waals surface area (Å²) in [5.74, 6) is 0.0332. The van der Waals surface area contributed by atoms with Crippen molar-refractivity contribution in [3.8, 4) is 11.5 Å². The highest BCUT2D eigenvalue weighted by Crippen LogP contribution is 2.32. The number of methoxy groups -OCH3 is 1. The lowest BCUT2D eigenvalue weighted by atomic mass is 10.1. The fourth-order valence-corrected chi connectivity index (χ4v) is 4.02. The van der Waals surface area contributed by atoms with Gasteiger partial charge in [0.15, 0.2) is 11.5 Å². The molecule has 4 rings (SSSR count). The molecule has 1 aromatic heterocycles. The average molecular weight is 497 g/mol. The maximum absolute atomic E-state index is 13.0. The number of anilines is 1. The first kappa shape index (κ1) is 21.0. The normalized spacial score (nSPS) is 14.7. The fourth-order valence-electron chi connectivity index (χ4n) is 3.04. The molecule has 0 radical (unpaired) electrons. The minimum absolute atomic E-state index is 0.220. The van der Waals surface area contributed by atoms with Gasteiger partial charge in [0.25, 0.3) is 5.91 Å². The Morgan fingerprint density at radius 1 is 1.13 bits per heavy atom. The van der Waals surface area contributed by atoms with Gasteiger partial charge in [-0.1, -0.05) is 34.1 Å². The SMILES string of the molecule is COc1cc(C=C2C(=O)N(c3cccc(Br)c3)N=C2C)ccc1OC(=O)c1cccs1. The molecule has 3 aromatic rings. The van der Waals surface area contributed by atoms with Gasteiger partial charge in [0, 0.05) is 4.47 Å². The van der Waals surface area contributed by atoms with Crippen LogP contribution in [0.25, 0.3) is 6.08 Å². The number of thiophene rings is 1. The summed E-state index contributed by atoms with van der Waals surface area (Å²) in [5, 5.41) is 7.58. The van der Waals surface area contributed by atoms with Crippen LogP contribution in [0, 0.1) is 0 Å². The number of hydrazone groups is 1. The Morgan fingerprint density at radius 2 is 1.97 bits per heavy atom. The van der Waals surface area contributed by atoms with Crippen LogP contribution in [0.2, 0.25) is 0 Å². The van der Waals surface area contributed by atoms with Crippen molar-refractivity contribution in [3.63, 3.8) is 0 Å². The number of rotatable bonds is 5. The Hall–Kier alpha value is -3.23. The second kappa shape index (κ2) is 8.87. The van der Waals surface area contributed by atoms with Crippen LogP contribution < -0.4 is 14.5 Å². The van der Waals surface area contributed by atoms with E-state index in [1.54, 1.807) is 43.3 Å². The average Bonchev–Trinajstić information content (AvgIpc) is 3.39. The maximum Gasteiger partial charge on any atom is 0.353 e. The first-order chi connectivity index (χ1) is 15.0. The first-order valence-electron chi connectivity index (χ1n) is 9.27. The van der Waals surface area contributed by atoms with Gasteiger partial charge in [-0.15, -0.1) is 11.3 Å². The van der Waals surface area contributed by atoms with Crippen LogP contribution in [-0.4, -0.2) is 24.7 Å². The van der Waals surface area contributed by atoms with Crippen LogP contribution in [-0.2, 0) is 4.79 Å². The molecule has 8 heteroatoms. The van der Waals surface area contributed by atoms with Crippen LogP contribution in [0.15, 0.2) is 75.1 Å². The molecule has 0 bridgehead atoms. The molecule has 6 nitrogen and oxygen atoms in total. The summed E-state index contributed by atoms with van der Waals surface area (Å²) >= 11 is 4.72. The predicted molar refractivity (Wildman–Crippen MR) is 125 cm³/mol. The van der Waals surface area contributed by atoms with E-state index >= 15 is 0 Å². The summed E-state index contributed by atoms with van der Waals surface area (Å²) < 4.78 is 11.7. The first-order valence-corrected chi connectivity index (χ1v) is 10.9. The molecule has 0 saturated heterocycles. The molecule has 0 N–H and O–H groups in total. The van der Waals surface area contributed by atoms with E-state index < -0.39 is 5.97 Å². The molecule has 1 aliphatic heterocycles. The molecule has 156 valence electrons. The van der Waals surface area contributed by atoms with Crippen LogP contribution in [0.3, 0.4) is 0 Å². The Kier molecular flexibility index (Phi) is 6.01. The van der Waals surface area contributed by atoms with Crippen LogP contribution >= 0.6 is 27.3 Å². The van der Waals surface area contributed by atoms with Crippen molar-refractivity contribution in [3.05, 3.63) is 80.5 Å². The number of halogens is 1. The Labute approximate surface area is 191 Å². The van der Waals surface area contributed by atoms with Crippen LogP contribution in [0.4, 0.5) is 5.69 Å². The molecule has 31 heavy (non-hydrogen) atoms. The monoisotopic (exact) mass is 496 g/mol. The summed E-state index contributed by atoms with van der Waals surface area (Å²) in [7, 11) is 1.50. The van der Waals surface area contributed by atoms with Crippen molar-refractivity contribution < 1.29 is 19.1 Å². The highest BCUT2D eigenvalue weighted by atomic mass is 79.9. The van der Waals surface area contributed by atoms with E-state index in [0.29, 0.717) is 33.3 Å². The molecule has 1 amide bonds. The van der Waals surface area contributed by atoms with Gasteiger partial charge in [-0.2, -0.15) is 10.1 Å². The number of benzene rings is 2. The third-order valence-corrected chi connectivity index (χ3v) is 5.88. The quantitative estimate of drug-likeness (QED) is 0.264. The van der Waals surface area contributed by atoms with Gasteiger partial charge in [0.05, 0.1) is 24.1 Å². The van der Waals surface area contributed by atoms with Crippen molar-refractivity contribution in [2.45, 2.75) is 6.92 Å². The second-order valence-corrected chi connectivity index (χ2v) is 8.48. The van der Waals surface area contributed by atoms with Crippen molar-refractivity contribution in [2.24, 2.45) is 5.10 Å². The van der Waals surface area contributed by atoms with E-state index in [2.05, 4.69) is 21.0 Å². The van der Waals surface area contributed by atoms with Gasteiger partial charge in [-0.05, 0) is 60.3 Å². The third kappa shape index (κ3) is 4.45. The van der Waals surface area contributed by atoms with Crippen LogP contribution in [0.1, 0.15) is 22.2 Å². The van der Waals surface area contributed by atoms with E-state index in [1.165, 1.54) is 23.5 Å².